The van der Waals surface area contributed by atoms with E-state index in [4.69, 9.17) is 9.05 Å². The third-order valence-corrected chi connectivity index (χ3v) is 11.0. The molecule has 0 saturated heterocycles. The number of likely N-dealkylation sites (N-methyl/N-ethyl adjacent to an activating group) is 1. The number of nitrogens with zero attached hydrogens (tertiary/aromatic N) is 1. The van der Waals surface area contributed by atoms with Crippen molar-refractivity contribution in [2.45, 2.75) is 219 Å². The molecule has 0 radical (unpaired) electrons. The second kappa shape index (κ2) is 35.9. The molecule has 8 nitrogen and oxygen atoms in total. The Kier molecular flexibility index (Phi) is 35.4. The third kappa shape index (κ3) is 37.6. The summed E-state index contributed by atoms with van der Waals surface area (Å²) in [7, 11) is 1.27. The van der Waals surface area contributed by atoms with Crippen molar-refractivity contribution in [1.29, 1.82) is 0 Å². The van der Waals surface area contributed by atoms with Crippen LogP contribution in [0.15, 0.2) is 12.2 Å². The predicted octanol–water partition coefficient (Wildman–Crippen LogP) is 11.3. The van der Waals surface area contributed by atoms with E-state index in [2.05, 4.69) is 19.2 Å². The van der Waals surface area contributed by atoms with E-state index in [0.29, 0.717) is 17.4 Å². The van der Waals surface area contributed by atoms with Crippen LogP contribution in [0.2, 0.25) is 0 Å². The molecule has 3 atom stereocenters. The van der Waals surface area contributed by atoms with Crippen LogP contribution in [0.3, 0.4) is 0 Å². The number of allylic oxidation sites excluding steroid dienone is 1. The fraction of sp³-hybridized carbons (Fsp3) is 0.930. The summed E-state index contributed by atoms with van der Waals surface area (Å²) in [6.07, 6.45) is 39.6. The lowest BCUT2D eigenvalue weighted by atomic mass is 10.0. The number of rotatable bonds is 40. The second-order valence-electron chi connectivity index (χ2n) is 16.4. The maximum Gasteiger partial charge on any atom is 0.268 e. The Balaban J connectivity index is 4.38. The molecule has 52 heavy (non-hydrogen) atoms. The van der Waals surface area contributed by atoms with Crippen molar-refractivity contribution in [2.75, 3.05) is 40.9 Å². The van der Waals surface area contributed by atoms with Gasteiger partial charge in [0.15, 0.2) is 0 Å². The van der Waals surface area contributed by atoms with Gasteiger partial charge in [-0.25, -0.2) is 0 Å². The SMILES string of the molecule is CCCCCCCCCCCCC/C=C/[C@@H](O)[C@H](COP(=O)([O-])OCC[N+](C)(C)C)NC(=O)CCCCCCCCCCCCCCCCCCC. The van der Waals surface area contributed by atoms with Gasteiger partial charge in [0.05, 0.1) is 39.9 Å². The van der Waals surface area contributed by atoms with Crippen LogP contribution >= 0.6 is 7.82 Å². The van der Waals surface area contributed by atoms with Gasteiger partial charge in [-0.15, -0.1) is 0 Å². The van der Waals surface area contributed by atoms with Gasteiger partial charge in [0.25, 0.3) is 7.82 Å². The predicted molar refractivity (Wildman–Crippen MR) is 219 cm³/mol. The number of carbonyl (C=O) groups excluding carboxylic acids is 1. The van der Waals surface area contributed by atoms with Crippen LogP contribution in [0.5, 0.6) is 0 Å². The van der Waals surface area contributed by atoms with E-state index in [0.717, 1.165) is 38.5 Å². The number of phosphoric acid groups is 1. The monoisotopic (exact) mass is 759 g/mol. The number of hydrogen-bond acceptors (Lipinski definition) is 6. The molecule has 9 heteroatoms. The molecular weight excluding hydrogens is 671 g/mol. The van der Waals surface area contributed by atoms with Gasteiger partial charge in [-0.3, -0.25) is 9.36 Å². The number of amides is 1. The van der Waals surface area contributed by atoms with Gasteiger partial charge in [0.2, 0.25) is 5.91 Å². The summed E-state index contributed by atoms with van der Waals surface area (Å²) in [6.45, 7) is 4.65. The lowest BCUT2D eigenvalue weighted by Crippen LogP contribution is -2.45. The Morgan fingerprint density at radius 2 is 1.04 bits per heavy atom. The average molecular weight is 759 g/mol. The van der Waals surface area contributed by atoms with Gasteiger partial charge in [-0.1, -0.05) is 193 Å². The van der Waals surface area contributed by atoms with Crippen molar-refractivity contribution in [3.63, 3.8) is 0 Å². The minimum Gasteiger partial charge on any atom is -0.756 e. The Bertz CT molecular complexity index is 865. The van der Waals surface area contributed by atoms with Crippen LogP contribution in [0.25, 0.3) is 0 Å². The van der Waals surface area contributed by atoms with Gasteiger partial charge in [0.1, 0.15) is 13.2 Å². The average Bonchev–Trinajstić information content (AvgIpc) is 3.09. The number of aliphatic hydroxyl groups is 1. The number of carbonyl (C=O) groups is 1. The van der Waals surface area contributed by atoms with Crippen LogP contribution in [-0.2, 0) is 18.4 Å². The minimum absolute atomic E-state index is 0.00201. The second-order valence-corrected chi connectivity index (χ2v) is 17.8. The van der Waals surface area contributed by atoms with Gasteiger partial charge in [0, 0.05) is 6.42 Å². The minimum atomic E-state index is -4.58. The zero-order valence-corrected chi connectivity index (χ0v) is 35.9. The van der Waals surface area contributed by atoms with E-state index in [1.807, 2.05) is 27.2 Å². The molecule has 0 bridgehead atoms. The summed E-state index contributed by atoms with van der Waals surface area (Å²) in [5.74, 6) is -0.195. The summed E-state index contributed by atoms with van der Waals surface area (Å²) in [4.78, 5) is 25.3. The molecule has 1 unspecified atom stereocenters. The van der Waals surface area contributed by atoms with Crippen molar-refractivity contribution in [2.24, 2.45) is 0 Å². The van der Waals surface area contributed by atoms with Crippen molar-refractivity contribution in [3.8, 4) is 0 Å². The molecule has 2 N–H and O–H groups in total. The molecule has 310 valence electrons. The lowest BCUT2D eigenvalue weighted by molar-refractivity contribution is -0.870. The molecule has 0 aliphatic heterocycles. The van der Waals surface area contributed by atoms with E-state index < -0.39 is 20.0 Å². The first-order valence-electron chi connectivity index (χ1n) is 22.1. The third-order valence-electron chi connectivity index (χ3n) is 10.00. The molecule has 0 aliphatic carbocycles. The van der Waals surface area contributed by atoms with Crippen LogP contribution in [-0.4, -0.2) is 68.5 Å². The topological polar surface area (TPSA) is 108 Å². The molecule has 0 aliphatic rings. The number of nitrogens with one attached hydrogen (secondary N) is 1. The number of hydrogen-bond donors (Lipinski definition) is 2. The van der Waals surface area contributed by atoms with E-state index in [-0.39, 0.29) is 19.1 Å². The van der Waals surface area contributed by atoms with E-state index >= 15 is 0 Å². The van der Waals surface area contributed by atoms with Gasteiger partial charge in [-0.05, 0) is 19.3 Å². The number of phosphoric ester groups is 1. The lowest BCUT2D eigenvalue weighted by Gasteiger charge is -2.29. The van der Waals surface area contributed by atoms with Gasteiger partial charge in [-0.2, -0.15) is 0 Å². The maximum absolute atomic E-state index is 12.8. The van der Waals surface area contributed by atoms with Crippen LogP contribution in [0, 0.1) is 0 Å². The van der Waals surface area contributed by atoms with Crippen molar-refractivity contribution >= 4 is 13.7 Å². The Morgan fingerprint density at radius 1 is 0.654 bits per heavy atom. The molecule has 0 heterocycles. The smallest absolute Gasteiger partial charge is 0.268 e. The van der Waals surface area contributed by atoms with Gasteiger partial charge >= 0.3 is 0 Å². The molecule has 0 aromatic carbocycles. The summed E-state index contributed by atoms with van der Waals surface area (Å²) in [6, 6.07) is -0.879. The zero-order chi connectivity index (χ0) is 38.6. The highest BCUT2D eigenvalue weighted by Crippen LogP contribution is 2.38. The Labute approximate surface area is 322 Å². The first-order valence-corrected chi connectivity index (χ1v) is 23.5. The molecule has 0 rings (SSSR count). The molecule has 0 saturated carbocycles. The fourth-order valence-corrected chi connectivity index (χ4v) is 7.17. The van der Waals surface area contributed by atoms with E-state index in [1.165, 1.54) is 148 Å². The van der Waals surface area contributed by atoms with E-state index in [1.54, 1.807) is 6.08 Å². The molecular formula is C43H87N2O6P. The van der Waals surface area contributed by atoms with Gasteiger partial charge < -0.3 is 28.8 Å². The highest BCUT2D eigenvalue weighted by molar-refractivity contribution is 7.45. The van der Waals surface area contributed by atoms with Crippen molar-refractivity contribution < 1.29 is 32.9 Å². The van der Waals surface area contributed by atoms with Crippen molar-refractivity contribution in [3.05, 3.63) is 12.2 Å². The molecule has 1 amide bonds. The Morgan fingerprint density at radius 3 is 1.44 bits per heavy atom. The number of unbranched alkanes of at least 4 members (excludes halogenated alkanes) is 27. The van der Waals surface area contributed by atoms with Crippen LogP contribution < -0.4 is 10.2 Å². The summed E-state index contributed by atoms with van der Waals surface area (Å²) in [5.41, 5.74) is 0. The summed E-state index contributed by atoms with van der Waals surface area (Å²) in [5, 5.41) is 13.8. The summed E-state index contributed by atoms with van der Waals surface area (Å²) < 4.78 is 23.2. The molecule has 0 aromatic heterocycles. The summed E-state index contributed by atoms with van der Waals surface area (Å²) >= 11 is 0. The Hall–Kier alpha value is -0.760. The number of quaternary nitrogens is 1. The largest absolute Gasteiger partial charge is 0.756 e. The number of aliphatic hydroxyl groups excluding tert-OH is 1. The van der Waals surface area contributed by atoms with Crippen LogP contribution in [0.1, 0.15) is 206 Å². The first kappa shape index (κ1) is 51.2. The highest BCUT2D eigenvalue weighted by Gasteiger charge is 2.23. The highest BCUT2D eigenvalue weighted by atomic mass is 31.2. The normalized spacial score (nSPS) is 14.5. The zero-order valence-electron chi connectivity index (χ0n) is 35.0. The first-order chi connectivity index (χ1) is 25.0. The van der Waals surface area contributed by atoms with Crippen molar-refractivity contribution in [1.82, 2.24) is 5.32 Å². The quantitative estimate of drug-likeness (QED) is 0.0279. The molecule has 0 aromatic rings. The van der Waals surface area contributed by atoms with E-state index in [9.17, 15) is 19.4 Å². The van der Waals surface area contributed by atoms with Crippen LogP contribution in [0.4, 0.5) is 0 Å². The fourth-order valence-electron chi connectivity index (χ4n) is 6.45. The standard InChI is InChI=1S/C43H87N2O6P/c1-6-8-10-12-14-16-18-20-21-22-23-25-27-29-31-33-35-37-43(47)44-41(40-51-52(48,49)50-39-38-45(3,4)5)42(46)36-34-32-30-28-26-24-19-17-15-13-11-9-7-2/h34,36,41-42,46H,6-33,35,37-40H2,1-5H3,(H-,44,47,48,49)/b36-34+/t41-,42+/m0/s1. The molecule has 0 spiro atoms. The molecule has 0 fully saturated rings. The maximum atomic E-state index is 12.8.